The Kier molecular flexibility index (Phi) is 4.41. The number of halogens is 1. The number of ether oxygens (including phenoxy) is 1. The molecule has 1 heterocycles. The molecule has 0 bridgehead atoms. The molecule has 0 spiro atoms. The largest absolute Gasteiger partial charge is 0.495 e. The molecule has 4 heteroatoms. The summed E-state index contributed by atoms with van der Waals surface area (Å²) in [5.74, 6) is 4.30. The van der Waals surface area contributed by atoms with Crippen LogP contribution in [0.15, 0.2) is 22.7 Å². The van der Waals surface area contributed by atoms with E-state index in [1.165, 1.54) is 17.9 Å². The summed E-state index contributed by atoms with van der Waals surface area (Å²) in [6, 6.07) is 6.05. The summed E-state index contributed by atoms with van der Waals surface area (Å²) < 4.78 is 6.41. The summed E-state index contributed by atoms with van der Waals surface area (Å²) in [5, 5.41) is 3.48. The Hall–Kier alpha value is -0.350. The number of anilines is 1. The monoisotopic (exact) mass is 301 g/mol. The maximum atomic E-state index is 5.33. The highest BCUT2D eigenvalue weighted by molar-refractivity contribution is 9.10. The number of thioether (sulfide) groups is 1. The number of hydrogen-bond acceptors (Lipinski definition) is 3. The van der Waals surface area contributed by atoms with Crippen LogP contribution in [0.3, 0.4) is 0 Å². The number of methoxy groups -OCH3 is 1. The van der Waals surface area contributed by atoms with Gasteiger partial charge in [0, 0.05) is 11.0 Å². The molecular weight excluding hydrogens is 286 g/mol. The molecule has 0 aromatic heterocycles. The van der Waals surface area contributed by atoms with Gasteiger partial charge in [0.2, 0.25) is 0 Å². The molecule has 1 saturated heterocycles. The topological polar surface area (TPSA) is 21.3 Å². The number of rotatable bonds is 4. The third-order valence-corrected chi connectivity index (χ3v) is 4.49. The van der Waals surface area contributed by atoms with E-state index in [0.29, 0.717) is 0 Å². The van der Waals surface area contributed by atoms with Crippen molar-refractivity contribution >= 4 is 33.4 Å². The van der Waals surface area contributed by atoms with E-state index in [4.69, 9.17) is 4.74 Å². The lowest BCUT2D eigenvalue weighted by Gasteiger charge is -2.14. The van der Waals surface area contributed by atoms with Crippen molar-refractivity contribution in [2.45, 2.75) is 6.42 Å². The molecular formula is C12H16BrNOS. The van der Waals surface area contributed by atoms with E-state index < -0.39 is 0 Å². The van der Waals surface area contributed by atoms with Gasteiger partial charge in [0.25, 0.3) is 0 Å². The number of nitrogens with one attached hydrogen (secondary N) is 1. The predicted molar refractivity (Wildman–Crippen MR) is 74.6 cm³/mol. The van der Waals surface area contributed by atoms with Gasteiger partial charge in [0.15, 0.2) is 0 Å². The minimum absolute atomic E-state index is 0.800. The highest BCUT2D eigenvalue weighted by Gasteiger charge is 2.15. The van der Waals surface area contributed by atoms with Crippen LogP contribution in [0, 0.1) is 5.92 Å². The Morgan fingerprint density at radius 1 is 1.56 bits per heavy atom. The summed E-state index contributed by atoms with van der Waals surface area (Å²) in [6.07, 6.45) is 1.33. The molecule has 0 saturated carbocycles. The molecule has 1 unspecified atom stereocenters. The van der Waals surface area contributed by atoms with Crippen molar-refractivity contribution in [1.29, 1.82) is 0 Å². The van der Waals surface area contributed by atoms with E-state index in [0.717, 1.165) is 28.4 Å². The normalized spacial score (nSPS) is 19.8. The molecule has 2 rings (SSSR count). The minimum atomic E-state index is 0.800. The lowest BCUT2D eigenvalue weighted by atomic mass is 10.1. The molecule has 1 aliphatic rings. The highest BCUT2D eigenvalue weighted by atomic mass is 79.9. The Bertz CT molecular complexity index is 353. The summed E-state index contributed by atoms with van der Waals surface area (Å²) in [4.78, 5) is 0. The first-order chi connectivity index (χ1) is 7.79. The van der Waals surface area contributed by atoms with Crippen LogP contribution in [0.4, 0.5) is 5.69 Å². The van der Waals surface area contributed by atoms with Crippen molar-refractivity contribution in [3.63, 3.8) is 0 Å². The van der Waals surface area contributed by atoms with Gasteiger partial charge in [-0.2, -0.15) is 11.8 Å². The van der Waals surface area contributed by atoms with Gasteiger partial charge in [-0.05, 0) is 42.0 Å². The molecule has 0 aliphatic carbocycles. The van der Waals surface area contributed by atoms with Crippen LogP contribution in [-0.2, 0) is 0 Å². The Morgan fingerprint density at radius 3 is 3.12 bits per heavy atom. The van der Waals surface area contributed by atoms with Gasteiger partial charge in [0.05, 0.1) is 12.8 Å². The second-order valence-corrected chi connectivity index (χ2v) is 6.02. The molecule has 0 amide bonds. The fourth-order valence-corrected chi connectivity index (χ4v) is 3.46. The third kappa shape index (κ3) is 3.08. The van der Waals surface area contributed by atoms with Gasteiger partial charge in [-0.1, -0.05) is 15.9 Å². The average molecular weight is 302 g/mol. The number of benzene rings is 1. The lowest BCUT2D eigenvalue weighted by molar-refractivity contribution is 0.416. The lowest BCUT2D eigenvalue weighted by Crippen LogP contribution is -2.13. The second-order valence-electron chi connectivity index (χ2n) is 3.96. The molecule has 16 heavy (non-hydrogen) atoms. The van der Waals surface area contributed by atoms with Crippen LogP contribution in [0.1, 0.15) is 6.42 Å². The van der Waals surface area contributed by atoms with E-state index in [1.54, 1.807) is 7.11 Å². The highest BCUT2D eigenvalue weighted by Crippen LogP contribution is 2.29. The van der Waals surface area contributed by atoms with E-state index >= 15 is 0 Å². The zero-order valence-electron chi connectivity index (χ0n) is 9.33. The van der Waals surface area contributed by atoms with Crippen LogP contribution < -0.4 is 10.1 Å². The van der Waals surface area contributed by atoms with Crippen LogP contribution >= 0.6 is 27.7 Å². The fraction of sp³-hybridized carbons (Fsp3) is 0.500. The van der Waals surface area contributed by atoms with Crippen molar-refractivity contribution in [2.75, 3.05) is 30.5 Å². The maximum absolute atomic E-state index is 5.33. The summed E-state index contributed by atoms with van der Waals surface area (Å²) >= 11 is 5.53. The molecule has 1 aromatic rings. The smallest absolute Gasteiger partial charge is 0.142 e. The molecule has 1 fully saturated rings. The molecule has 1 N–H and O–H groups in total. The molecule has 2 nitrogen and oxygen atoms in total. The molecule has 88 valence electrons. The van der Waals surface area contributed by atoms with Crippen molar-refractivity contribution in [3.8, 4) is 5.75 Å². The van der Waals surface area contributed by atoms with Gasteiger partial charge in [-0.25, -0.2) is 0 Å². The van der Waals surface area contributed by atoms with Crippen molar-refractivity contribution in [2.24, 2.45) is 5.92 Å². The summed E-state index contributed by atoms with van der Waals surface area (Å²) in [7, 11) is 1.71. The van der Waals surface area contributed by atoms with Crippen molar-refractivity contribution in [1.82, 2.24) is 0 Å². The van der Waals surface area contributed by atoms with E-state index in [1.807, 2.05) is 23.9 Å². The SMILES string of the molecule is COc1ccc(Br)cc1NCC1CCSC1. The first-order valence-corrected chi connectivity index (χ1v) is 7.39. The quantitative estimate of drug-likeness (QED) is 0.918. The van der Waals surface area contributed by atoms with Crippen LogP contribution in [-0.4, -0.2) is 25.2 Å². The van der Waals surface area contributed by atoms with Crippen molar-refractivity contribution in [3.05, 3.63) is 22.7 Å². The Labute approximate surface area is 109 Å². The standard InChI is InChI=1S/C12H16BrNOS/c1-15-12-3-2-10(13)6-11(12)14-7-9-4-5-16-8-9/h2-3,6,9,14H,4-5,7-8H2,1H3. The second kappa shape index (κ2) is 5.82. The number of hydrogen-bond donors (Lipinski definition) is 1. The zero-order valence-corrected chi connectivity index (χ0v) is 11.7. The average Bonchev–Trinajstić information content (AvgIpc) is 2.79. The van der Waals surface area contributed by atoms with Crippen LogP contribution in [0.5, 0.6) is 5.75 Å². The van der Waals surface area contributed by atoms with Gasteiger partial charge in [0.1, 0.15) is 5.75 Å². The molecule has 1 aliphatic heterocycles. The zero-order chi connectivity index (χ0) is 11.4. The summed E-state index contributed by atoms with van der Waals surface area (Å²) in [6.45, 7) is 1.04. The molecule has 1 aromatic carbocycles. The third-order valence-electron chi connectivity index (χ3n) is 2.77. The van der Waals surface area contributed by atoms with Gasteiger partial charge in [-0.15, -0.1) is 0 Å². The van der Waals surface area contributed by atoms with Gasteiger partial charge < -0.3 is 10.1 Å². The summed E-state index contributed by atoms with van der Waals surface area (Å²) in [5.41, 5.74) is 1.08. The van der Waals surface area contributed by atoms with Crippen molar-refractivity contribution < 1.29 is 4.74 Å². The first-order valence-electron chi connectivity index (χ1n) is 5.45. The molecule has 1 atom stereocenters. The van der Waals surface area contributed by atoms with Crippen LogP contribution in [0.2, 0.25) is 0 Å². The molecule has 0 radical (unpaired) electrons. The van der Waals surface area contributed by atoms with Gasteiger partial charge >= 0.3 is 0 Å². The predicted octanol–water partition coefficient (Wildman–Crippen LogP) is 3.62. The Balaban J connectivity index is 1.98. The minimum Gasteiger partial charge on any atom is -0.495 e. The fourth-order valence-electron chi connectivity index (χ4n) is 1.82. The maximum Gasteiger partial charge on any atom is 0.142 e. The van der Waals surface area contributed by atoms with Crippen LogP contribution in [0.25, 0.3) is 0 Å². The first kappa shape index (κ1) is 12.1. The van der Waals surface area contributed by atoms with E-state index in [9.17, 15) is 0 Å². The van der Waals surface area contributed by atoms with Gasteiger partial charge in [-0.3, -0.25) is 0 Å². The van der Waals surface area contributed by atoms with E-state index in [-0.39, 0.29) is 0 Å². The Morgan fingerprint density at radius 2 is 2.44 bits per heavy atom. The van der Waals surface area contributed by atoms with E-state index in [2.05, 4.69) is 27.3 Å².